The van der Waals surface area contributed by atoms with E-state index in [1.165, 1.54) is 12.8 Å². The molecule has 6 heteroatoms. The lowest BCUT2D eigenvalue weighted by Gasteiger charge is -2.03. The number of amides is 1. The van der Waals surface area contributed by atoms with E-state index in [-0.39, 0.29) is 5.91 Å². The van der Waals surface area contributed by atoms with Gasteiger partial charge in [-0.05, 0) is 36.1 Å². The van der Waals surface area contributed by atoms with E-state index in [1.54, 1.807) is 11.3 Å². The first-order valence-corrected chi connectivity index (χ1v) is 9.06. The Kier molecular flexibility index (Phi) is 4.12. The minimum atomic E-state index is -0.0595. The van der Waals surface area contributed by atoms with Gasteiger partial charge in [-0.3, -0.25) is 9.89 Å². The van der Waals surface area contributed by atoms with E-state index in [4.69, 9.17) is 11.6 Å². The van der Waals surface area contributed by atoms with Crippen LogP contribution in [0.15, 0.2) is 42.5 Å². The molecule has 1 saturated carbocycles. The third-order valence-electron chi connectivity index (χ3n) is 4.06. The highest BCUT2D eigenvalue weighted by Crippen LogP contribution is 2.39. The number of hydrogen-bond acceptors (Lipinski definition) is 3. The second-order valence-electron chi connectivity index (χ2n) is 6.01. The fourth-order valence-electron chi connectivity index (χ4n) is 2.63. The summed E-state index contributed by atoms with van der Waals surface area (Å²) in [7, 11) is 0. The molecule has 0 aliphatic heterocycles. The van der Waals surface area contributed by atoms with E-state index < -0.39 is 0 Å². The number of benzene rings is 1. The second-order valence-corrected chi connectivity index (χ2v) is 7.72. The number of carbonyl (C=O) groups excluding carboxylic acids is 1. The number of nitrogens with zero attached hydrogens (tertiary/aromatic N) is 1. The zero-order valence-corrected chi connectivity index (χ0v) is 14.5. The van der Waals surface area contributed by atoms with Gasteiger partial charge in [-0.1, -0.05) is 35.9 Å². The Morgan fingerprint density at radius 1 is 1.25 bits per heavy atom. The Morgan fingerprint density at radius 3 is 2.71 bits per heavy atom. The molecule has 3 aromatic rings. The number of halogens is 1. The van der Waals surface area contributed by atoms with Crippen molar-refractivity contribution >= 4 is 34.7 Å². The summed E-state index contributed by atoms with van der Waals surface area (Å²) in [5.74, 6) is 1.14. The number of hydrogen-bond donors (Lipinski definition) is 2. The third kappa shape index (κ3) is 3.52. The number of nitrogens with one attached hydrogen (secondary N) is 2. The zero-order valence-electron chi connectivity index (χ0n) is 12.9. The molecule has 0 bridgehead atoms. The van der Waals surface area contributed by atoms with Gasteiger partial charge in [0.25, 0.3) is 0 Å². The Balaban J connectivity index is 1.38. The summed E-state index contributed by atoms with van der Waals surface area (Å²) in [5.41, 5.74) is 3.19. The Morgan fingerprint density at radius 2 is 2.04 bits per heavy atom. The van der Waals surface area contributed by atoms with Crippen LogP contribution in [0, 0.1) is 0 Å². The van der Waals surface area contributed by atoms with Gasteiger partial charge in [-0.15, -0.1) is 11.3 Å². The number of thiophene rings is 1. The molecule has 0 spiro atoms. The molecule has 1 fully saturated rings. The van der Waals surface area contributed by atoms with Gasteiger partial charge in [0.05, 0.1) is 10.8 Å². The predicted octanol–water partition coefficient (Wildman–Crippen LogP) is 4.85. The zero-order chi connectivity index (χ0) is 16.5. The molecule has 0 saturated heterocycles. The van der Waals surface area contributed by atoms with Crippen molar-refractivity contribution in [3.8, 4) is 10.4 Å². The maximum atomic E-state index is 12.2. The third-order valence-corrected chi connectivity index (χ3v) is 5.34. The smallest absolute Gasteiger partial charge is 0.229 e. The Hall–Kier alpha value is -2.11. The molecule has 1 aliphatic carbocycles. The monoisotopic (exact) mass is 357 g/mol. The lowest BCUT2D eigenvalue weighted by molar-refractivity contribution is -0.115. The topological polar surface area (TPSA) is 57.8 Å². The van der Waals surface area contributed by atoms with Crippen LogP contribution in [0.4, 0.5) is 5.82 Å². The normalized spacial score (nSPS) is 13.9. The van der Waals surface area contributed by atoms with Gasteiger partial charge in [-0.25, -0.2) is 0 Å². The van der Waals surface area contributed by atoms with E-state index in [1.807, 2.05) is 42.5 Å². The first-order valence-electron chi connectivity index (χ1n) is 7.87. The maximum absolute atomic E-state index is 12.2. The summed E-state index contributed by atoms with van der Waals surface area (Å²) >= 11 is 7.52. The first kappa shape index (κ1) is 15.4. The lowest BCUT2D eigenvalue weighted by atomic mass is 10.1. The van der Waals surface area contributed by atoms with Crippen LogP contribution in [0.25, 0.3) is 10.4 Å². The molecule has 0 radical (unpaired) electrons. The van der Waals surface area contributed by atoms with Crippen molar-refractivity contribution in [2.24, 2.45) is 0 Å². The molecule has 122 valence electrons. The number of aromatic amines is 1. The highest BCUT2D eigenvalue weighted by Gasteiger charge is 2.25. The fourth-order valence-corrected chi connectivity index (χ4v) is 3.68. The van der Waals surface area contributed by atoms with Gasteiger partial charge in [0.2, 0.25) is 5.91 Å². The van der Waals surface area contributed by atoms with Crippen LogP contribution in [-0.4, -0.2) is 16.1 Å². The lowest BCUT2D eigenvalue weighted by Crippen LogP contribution is -2.14. The number of carbonyl (C=O) groups is 1. The van der Waals surface area contributed by atoms with Crippen molar-refractivity contribution < 1.29 is 4.79 Å². The molecular formula is C18H16ClN3OS. The van der Waals surface area contributed by atoms with E-state index in [0.717, 1.165) is 26.0 Å². The van der Waals surface area contributed by atoms with Crippen LogP contribution >= 0.6 is 22.9 Å². The van der Waals surface area contributed by atoms with Crippen molar-refractivity contribution in [1.29, 1.82) is 0 Å². The van der Waals surface area contributed by atoms with Gasteiger partial charge in [0.15, 0.2) is 5.82 Å². The van der Waals surface area contributed by atoms with Crippen LogP contribution in [0.3, 0.4) is 0 Å². The number of anilines is 1. The van der Waals surface area contributed by atoms with Crippen LogP contribution in [0.5, 0.6) is 0 Å². The van der Waals surface area contributed by atoms with E-state index in [2.05, 4.69) is 15.5 Å². The van der Waals surface area contributed by atoms with Crippen LogP contribution in [-0.2, 0) is 11.2 Å². The molecule has 1 amide bonds. The SMILES string of the molecule is O=C(Cc1ccc(-c2ccc(Cl)s2)cc1)Nc1cc(C2CC2)[nH]n1. The average Bonchev–Trinajstić information content (AvgIpc) is 3.17. The quantitative estimate of drug-likeness (QED) is 0.685. The molecule has 1 aromatic carbocycles. The highest BCUT2D eigenvalue weighted by molar-refractivity contribution is 7.19. The molecule has 4 nitrogen and oxygen atoms in total. The highest BCUT2D eigenvalue weighted by atomic mass is 35.5. The largest absolute Gasteiger partial charge is 0.309 e. The summed E-state index contributed by atoms with van der Waals surface area (Å²) in [6.45, 7) is 0. The Bertz CT molecular complexity index is 865. The Labute approximate surface area is 148 Å². The molecular weight excluding hydrogens is 342 g/mol. The minimum Gasteiger partial charge on any atom is -0.309 e. The summed E-state index contributed by atoms with van der Waals surface area (Å²) in [6, 6.07) is 13.8. The second kappa shape index (κ2) is 6.42. The van der Waals surface area contributed by atoms with Gasteiger partial charge in [-0.2, -0.15) is 5.10 Å². The molecule has 2 heterocycles. The van der Waals surface area contributed by atoms with Gasteiger partial charge >= 0.3 is 0 Å². The summed E-state index contributed by atoms with van der Waals surface area (Å²) in [5, 5.41) is 9.98. The fraction of sp³-hybridized carbons (Fsp3) is 0.222. The van der Waals surface area contributed by atoms with Crippen LogP contribution < -0.4 is 5.32 Å². The minimum absolute atomic E-state index is 0.0595. The molecule has 2 aromatic heterocycles. The molecule has 0 unspecified atom stereocenters. The summed E-state index contributed by atoms with van der Waals surface area (Å²) in [4.78, 5) is 13.3. The van der Waals surface area contributed by atoms with E-state index in [9.17, 15) is 4.79 Å². The summed E-state index contributed by atoms with van der Waals surface area (Å²) < 4.78 is 0.776. The number of rotatable bonds is 5. The van der Waals surface area contributed by atoms with E-state index >= 15 is 0 Å². The number of aromatic nitrogens is 2. The van der Waals surface area contributed by atoms with Gasteiger partial charge in [0, 0.05) is 22.6 Å². The number of H-pyrrole nitrogens is 1. The standard InChI is InChI=1S/C18H16ClN3OS/c19-16-8-7-15(24-16)13-3-1-11(2-4-13)9-18(23)20-17-10-14(21-22-17)12-5-6-12/h1-4,7-8,10,12H,5-6,9H2,(H2,20,21,22,23). The average molecular weight is 358 g/mol. The van der Waals surface area contributed by atoms with Crippen molar-refractivity contribution in [1.82, 2.24) is 10.2 Å². The first-order chi connectivity index (χ1) is 11.7. The molecule has 1 aliphatic rings. The van der Waals surface area contributed by atoms with Crippen molar-refractivity contribution in [2.75, 3.05) is 5.32 Å². The van der Waals surface area contributed by atoms with Crippen molar-refractivity contribution in [3.05, 3.63) is 58.1 Å². The molecule has 0 atom stereocenters. The van der Waals surface area contributed by atoms with Gasteiger partial charge in [0.1, 0.15) is 0 Å². The van der Waals surface area contributed by atoms with Crippen molar-refractivity contribution in [2.45, 2.75) is 25.2 Å². The summed E-state index contributed by atoms with van der Waals surface area (Å²) in [6.07, 6.45) is 2.74. The van der Waals surface area contributed by atoms with E-state index in [0.29, 0.717) is 18.2 Å². The molecule has 24 heavy (non-hydrogen) atoms. The molecule has 4 rings (SSSR count). The maximum Gasteiger partial charge on any atom is 0.229 e. The van der Waals surface area contributed by atoms with Crippen LogP contribution in [0.2, 0.25) is 4.34 Å². The molecule has 2 N–H and O–H groups in total. The van der Waals surface area contributed by atoms with Crippen LogP contribution in [0.1, 0.15) is 30.0 Å². The van der Waals surface area contributed by atoms with Gasteiger partial charge < -0.3 is 5.32 Å². The van der Waals surface area contributed by atoms with Crippen molar-refractivity contribution in [3.63, 3.8) is 0 Å². The predicted molar refractivity (Wildman–Crippen MR) is 97.7 cm³/mol.